The third-order valence-electron chi connectivity index (χ3n) is 2.97. The van der Waals surface area contributed by atoms with Gasteiger partial charge in [-0.25, -0.2) is 4.39 Å². The molecule has 0 saturated carbocycles. The van der Waals surface area contributed by atoms with Crippen LogP contribution in [0.15, 0.2) is 42.5 Å². The van der Waals surface area contributed by atoms with Crippen LogP contribution in [0.2, 0.25) is 0 Å². The lowest BCUT2D eigenvalue weighted by molar-refractivity contribution is -0.384. The number of nitrogens with zero attached hydrogens (tertiary/aromatic N) is 2. The Morgan fingerprint density at radius 1 is 1.25 bits per heavy atom. The van der Waals surface area contributed by atoms with E-state index in [1.807, 2.05) is 11.9 Å². The van der Waals surface area contributed by atoms with E-state index in [-0.39, 0.29) is 11.5 Å². The van der Waals surface area contributed by atoms with Crippen LogP contribution in [0, 0.1) is 15.9 Å². The first-order chi connectivity index (χ1) is 9.47. The summed E-state index contributed by atoms with van der Waals surface area (Å²) < 4.78 is 12.8. The van der Waals surface area contributed by atoms with E-state index in [1.165, 1.54) is 24.3 Å². The van der Waals surface area contributed by atoms with Gasteiger partial charge in [-0.3, -0.25) is 10.1 Å². The molecule has 0 aliphatic rings. The van der Waals surface area contributed by atoms with Gasteiger partial charge in [0.15, 0.2) is 0 Å². The molecular weight excluding hydrogens is 261 g/mol. The Labute approximate surface area is 115 Å². The molecule has 0 saturated heterocycles. The van der Waals surface area contributed by atoms with Crippen molar-refractivity contribution in [2.24, 2.45) is 0 Å². The van der Waals surface area contributed by atoms with Gasteiger partial charge in [-0.2, -0.15) is 0 Å². The molecule has 0 radical (unpaired) electrons. The highest BCUT2D eigenvalue weighted by Gasteiger charge is 2.11. The molecule has 104 valence electrons. The van der Waals surface area contributed by atoms with Crippen LogP contribution in [0.25, 0.3) is 0 Å². The SMILES string of the molecule is CN(Cc1ccc(F)cc1)c1ccc([N+](=O)[O-])cc1N. The average molecular weight is 275 g/mol. The number of nitrogen functional groups attached to an aromatic ring is 1. The minimum atomic E-state index is -0.486. The summed E-state index contributed by atoms with van der Waals surface area (Å²) in [5, 5.41) is 10.7. The molecule has 0 unspecified atom stereocenters. The van der Waals surface area contributed by atoms with Gasteiger partial charge in [-0.05, 0) is 23.8 Å². The molecule has 0 heterocycles. The van der Waals surface area contributed by atoms with E-state index in [0.717, 1.165) is 5.56 Å². The maximum absolute atomic E-state index is 12.8. The normalized spacial score (nSPS) is 10.3. The molecule has 5 nitrogen and oxygen atoms in total. The van der Waals surface area contributed by atoms with Crippen LogP contribution in [0.3, 0.4) is 0 Å². The van der Waals surface area contributed by atoms with Crippen LogP contribution >= 0.6 is 0 Å². The molecule has 0 bridgehead atoms. The number of anilines is 2. The first-order valence-corrected chi connectivity index (χ1v) is 5.97. The minimum absolute atomic E-state index is 0.0403. The Balaban J connectivity index is 2.18. The van der Waals surface area contributed by atoms with E-state index in [0.29, 0.717) is 17.9 Å². The first-order valence-electron chi connectivity index (χ1n) is 5.97. The monoisotopic (exact) mass is 275 g/mol. The zero-order chi connectivity index (χ0) is 14.7. The predicted octanol–water partition coefficient (Wildman–Crippen LogP) is 2.95. The van der Waals surface area contributed by atoms with E-state index in [1.54, 1.807) is 18.2 Å². The van der Waals surface area contributed by atoms with Gasteiger partial charge in [0.05, 0.1) is 16.3 Å². The zero-order valence-corrected chi connectivity index (χ0v) is 10.9. The fraction of sp³-hybridized carbons (Fsp3) is 0.143. The van der Waals surface area contributed by atoms with Crippen LogP contribution < -0.4 is 10.6 Å². The van der Waals surface area contributed by atoms with Gasteiger partial charge in [0.25, 0.3) is 5.69 Å². The first kappa shape index (κ1) is 13.8. The lowest BCUT2D eigenvalue weighted by atomic mass is 10.2. The second-order valence-corrected chi connectivity index (χ2v) is 4.48. The van der Waals surface area contributed by atoms with E-state index in [2.05, 4.69) is 0 Å². The van der Waals surface area contributed by atoms with Gasteiger partial charge >= 0.3 is 0 Å². The number of hydrogen-bond acceptors (Lipinski definition) is 4. The van der Waals surface area contributed by atoms with Gasteiger partial charge < -0.3 is 10.6 Å². The summed E-state index contributed by atoms with van der Waals surface area (Å²) in [5.41, 5.74) is 7.75. The lowest BCUT2D eigenvalue weighted by Gasteiger charge is -2.21. The molecule has 0 aromatic heterocycles. The maximum atomic E-state index is 12.8. The Bertz CT molecular complexity index is 629. The summed E-state index contributed by atoms with van der Waals surface area (Å²) in [7, 11) is 1.82. The topological polar surface area (TPSA) is 72.4 Å². The summed E-state index contributed by atoms with van der Waals surface area (Å²) in [4.78, 5) is 12.0. The number of halogens is 1. The highest BCUT2D eigenvalue weighted by Crippen LogP contribution is 2.27. The standard InChI is InChI=1S/C14H14FN3O2/c1-17(9-10-2-4-11(15)5-3-10)14-7-6-12(18(19)20)8-13(14)16/h2-8H,9,16H2,1H3. The smallest absolute Gasteiger partial charge is 0.271 e. The lowest BCUT2D eigenvalue weighted by Crippen LogP contribution is -2.17. The number of rotatable bonds is 4. The van der Waals surface area contributed by atoms with Crippen LogP contribution in [0.5, 0.6) is 0 Å². The largest absolute Gasteiger partial charge is 0.397 e. The second kappa shape index (κ2) is 5.56. The second-order valence-electron chi connectivity index (χ2n) is 4.48. The van der Waals surface area contributed by atoms with Crippen LogP contribution in [-0.4, -0.2) is 12.0 Å². The number of nitrogens with two attached hydrogens (primary N) is 1. The Morgan fingerprint density at radius 2 is 1.90 bits per heavy atom. The number of hydrogen-bond donors (Lipinski definition) is 1. The third kappa shape index (κ3) is 3.03. The molecule has 20 heavy (non-hydrogen) atoms. The highest BCUT2D eigenvalue weighted by atomic mass is 19.1. The van der Waals surface area contributed by atoms with Gasteiger partial charge in [-0.1, -0.05) is 12.1 Å². The van der Waals surface area contributed by atoms with Crippen molar-refractivity contribution in [3.05, 3.63) is 64.0 Å². The van der Waals surface area contributed by atoms with Crippen molar-refractivity contribution in [2.45, 2.75) is 6.54 Å². The van der Waals surface area contributed by atoms with Crippen molar-refractivity contribution in [2.75, 3.05) is 17.7 Å². The molecule has 0 atom stereocenters. The molecule has 2 aromatic carbocycles. The van der Waals surface area contributed by atoms with Crippen molar-refractivity contribution in [3.8, 4) is 0 Å². The molecular formula is C14H14FN3O2. The van der Waals surface area contributed by atoms with Crippen molar-refractivity contribution in [3.63, 3.8) is 0 Å². The molecule has 2 aromatic rings. The molecule has 2 rings (SSSR count). The minimum Gasteiger partial charge on any atom is -0.397 e. The summed E-state index contributed by atoms with van der Waals surface area (Å²) in [6.45, 7) is 0.530. The summed E-state index contributed by atoms with van der Waals surface area (Å²) in [6, 6.07) is 10.5. The Morgan fingerprint density at radius 3 is 2.45 bits per heavy atom. The molecule has 0 aliphatic carbocycles. The molecule has 0 aliphatic heterocycles. The average Bonchev–Trinajstić information content (AvgIpc) is 2.41. The van der Waals surface area contributed by atoms with E-state index >= 15 is 0 Å². The zero-order valence-electron chi connectivity index (χ0n) is 10.9. The summed E-state index contributed by atoms with van der Waals surface area (Å²) >= 11 is 0. The van der Waals surface area contributed by atoms with Gasteiger partial charge in [0.2, 0.25) is 0 Å². The van der Waals surface area contributed by atoms with Crippen LogP contribution in [0.1, 0.15) is 5.56 Å². The van der Waals surface area contributed by atoms with E-state index in [4.69, 9.17) is 5.73 Å². The fourth-order valence-electron chi connectivity index (χ4n) is 1.95. The molecule has 6 heteroatoms. The fourth-order valence-corrected chi connectivity index (χ4v) is 1.95. The van der Waals surface area contributed by atoms with Crippen molar-refractivity contribution in [1.82, 2.24) is 0 Å². The highest BCUT2D eigenvalue weighted by molar-refractivity contribution is 5.70. The van der Waals surface area contributed by atoms with E-state index < -0.39 is 4.92 Å². The number of non-ortho nitro benzene ring substituents is 1. The molecule has 0 amide bonds. The Hall–Kier alpha value is -2.63. The van der Waals surface area contributed by atoms with Crippen molar-refractivity contribution >= 4 is 17.1 Å². The summed E-state index contributed by atoms with van der Waals surface area (Å²) in [5.74, 6) is -0.286. The summed E-state index contributed by atoms with van der Waals surface area (Å²) in [6.07, 6.45) is 0. The quantitative estimate of drug-likeness (QED) is 0.529. The third-order valence-corrected chi connectivity index (χ3v) is 2.97. The molecule has 0 fully saturated rings. The van der Waals surface area contributed by atoms with Crippen molar-refractivity contribution in [1.29, 1.82) is 0 Å². The maximum Gasteiger partial charge on any atom is 0.271 e. The molecule has 2 N–H and O–H groups in total. The number of nitro benzene ring substituents is 1. The number of benzene rings is 2. The van der Waals surface area contributed by atoms with Crippen molar-refractivity contribution < 1.29 is 9.31 Å². The van der Waals surface area contributed by atoms with Gasteiger partial charge in [-0.15, -0.1) is 0 Å². The van der Waals surface area contributed by atoms with E-state index in [9.17, 15) is 14.5 Å². The Kier molecular flexibility index (Phi) is 3.84. The predicted molar refractivity (Wildman–Crippen MR) is 76.0 cm³/mol. The van der Waals surface area contributed by atoms with Gasteiger partial charge in [0.1, 0.15) is 5.82 Å². The number of nitro groups is 1. The van der Waals surface area contributed by atoms with Crippen LogP contribution in [0.4, 0.5) is 21.5 Å². The van der Waals surface area contributed by atoms with Gasteiger partial charge in [0, 0.05) is 25.7 Å². The van der Waals surface area contributed by atoms with Crippen LogP contribution in [-0.2, 0) is 6.54 Å². The molecule has 0 spiro atoms.